The molecule has 0 heterocycles. The summed E-state index contributed by atoms with van der Waals surface area (Å²) >= 11 is 12.8. The van der Waals surface area contributed by atoms with Crippen LogP contribution in [0.15, 0.2) is 71.6 Å². The second-order valence-corrected chi connectivity index (χ2v) is 11.6. The number of carbonyl (C=O) groups is 2. The first-order valence-corrected chi connectivity index (χ1v) is 14.3. The summed E-state index contributed by atoms with van der Waals surface area (Å²) in [6, 6.07) is 17.3. The fraction of sp³-hybridized carbons (Fsp3) is 0.286. The van der Waals surface area contributed by atoms with Crippen molar-refractivity contribution >= 4 is 50.7 Å². The number of sulfonamides is 1. The fourth-order valence-electron chi connectivity index (χ4n) is 4.10. The van der Waals surface area contributed by atoms with Gasteiger partial charge in [0.2, 0.25) is 11.8 Å². The quantitative estimate of drug-likeness (QED) is 0.352. The molecular formula is C28H31Cl2N3O4S. The first kappa shape index (κ1) is 29.5. The number of likely N-dealkylation sites (N-methyl/N-ethyl adjacent to an activating group) is 1. The van der Waals surface area contributed by atoms with E-state index in [9.17, 15) is 18.0 Å². The lowest BCUT2D eigenvalue weighted by atomic mass is 10.1. The van der Waals surface area contributed by atoms with Gasteiger partial charge in [0.05, 0.1) is 10.6 Å². The average Bonchev–Trinajstić information content (AvgIpc) is 2.86. The van der Waals surface area contributed by atoms with E-state index in [1.54, 1.807) is 62.4 Å². The summed E-state index contributed by atoms with van der Waals surface area (Å²) in [6.07, 6.45) is 0. The van der Waals surface area contributed by atoms with Crippen LogP contribution in [-0.4, -0.2) is 44.3 Å². The molecule has 0 aromatic heterocycles. The Kier molecular flexibility index (Phi) is 9.82. The van der Waals surface area contributed by atoms with Crippen molar-refractivity contribution in [1.29, 1.82) is 0 Å². The van der Waals surface area contributed by atoms with Crippen LogP contribution >= 0.6 is 23.2 Å². The SMILES string of the molecule is CCNC(=O)[C@@H](C)N(Cc1c(Cl)cccc1Cl)C(=O)CN(c1cc(C)cc(C)c1)S(=O)(=O)c1ccccc1. The maximum Gasteiger partial charge on any atom is 0.264 e. The number of halogens is 2. The van der Waals surface area contributed by atoms with Crippen molar-refractivity contribution in [2.75, 3.05) is 17.4 Å². The van der Waals surface area contributed by atoms with Gasteiger partial charge in [0, 0.05) is 28.7 Å². The van der Waals surface area contributed by atoms with Gasteiger partial charge in [-0.1, -0.05) is 53.5 Å². The number of nitrogens with zero attached hydrogens (tertiary/aromatic N) is 2. The Labute approximate surface area is 234 Å². The van der Waals surface area contributed by atoms with Gasteiger partial charge in [0.1, 0.15) is 12.6 Å². The molecule has 3 aromatic carbocycles. The van der Waals surface area contributed by atoms with Gasteiger partial charge in [-0.15, -0.1) is 0 Å². The Balaban J connectivity index is 2.09. The number of anilines is 1. The average molecular weight is 577 g/mol. The Bertz CT molecular complexity index is 1370. The molecule has 0 aliphatic heterocycles. The van der Waals surface area contributed by atoms with Crippen molar-refractivity contribution in [2.24, 2.45) is 0 Å². The fourth-order valence-corrected chi connectivity index (χ4v) is 6.04. The van der Waals surface area contributed by atoms with Gasteiger partial charge >= 0.3 is 0 Å². The van der Waals surface area contributed by atoms with E-state index in [0.717, 1.165) is 15.4 Å². The summed E-state index contributed by atoms with van der Waals surface area (Å²) in [5.74, 6) is -0.966. The maximum absolute atomic E-state index is 13.9. The minimum absolute atomic E-state index is 0.0458. The number of aryl methyl sites for hydroxylation is 2. The minimum atomic E-state index is -4.13. The molecule has 7 nitrogen and oxygen atoms in total. The lowest BCUT2D eigenvalue weighted by molar-refractivity contribution is -0.139. The molecule has 0 spiro atoms. The van der Waals surface area contributed by atoms with Crippen LogP contribution in [0.2, 0.25) is 10.0 Å². The second-order valence-electron chi connectivity index (χ2n) is 8.96. The zero-order chi connectivity index (χ0) is 28.0. The van der Waals surface area contributed by atoms with E-state index in [2.05, 4.69) is 5.32 Å². The van der Waals surface area contributed by atoms with E-state index in [4.69, 9.17) is 23.2 Å². The first-order valence-electron chi connectivity index (χ1n) is 12.1. The molecule has 10 heteroatoms. The largest absolute Gasteiger partial charge is 0.355 e. The molecule has 1 atom stereocenters. The zero-order valence-electron chi connectivity index (χ0n) is 21.7. The molecule has 1 N–H and O–H groups in total. The van der Waals surface area contributed by atoms with Crippen molar-refractivity contribution in [2.45, 2.75) is 45.2 Å². The molecule has 38 heavy (non-hydrogen) atoms. The predicted molar refractivity (Wildman–Crippen MR) is 152 cm³/mol. The predicted octanol–water partition coefficient (Wildman–Crippen LogP) is 5.36. The van der Waals surface area contributed by atoms with Crippen molar-refractivity contribution < 1.29 is 18.0 Å². The van der Waals surface area contributed by atoms with Gasteiger partial charge in [0.15, 0.2) is 0 Å². The number of carbonyl (C=O) groups excluding carboxylic acids is 2. The molecule has 0 fully saturated rings. The van der Waals surface area contributed by atoms with Crippen LogP contribution in [0.1, 0.15) is 30.5 Å². The van der Waals surface area contributed by atoms with E-state index in [1.807, 2.05) is 19.9 Å². The van der Waals surface area contributed by atoms with Crippen LogP contribution in [0.5, 0.6) is 0 Å². The Morgan fingerprint density at radius 1 is 0.921 bits per heavy atom. The highest BCUT2D eigenvalue weighted by atomic mass is 35.5. The van der Waals surface area contributed by atoms with Crippen LogP contribution < -0.4 is 9.62 Å². The number of nitrogens with one attached hydrogen (secondary N) is 1. The van der Waals surface area contributed by atoms with Crippen LogP contribution in [0.25, 0.3) is 0 Å². The lowest BCUT2D eigenvalue weighted by Crippen LogP contribution is -2.51. The normalized spacial score (nSPS) is 12.1. The van der Waals surface area contributed by atoms with Crippen molar-refractivity contribution in [3.63, 3.8) is 0 Å². The molecule has 3 aromatic rings. The summed E-state index contributed by atoms with van der Waals surface area (Å²) in [7, 11) is -4.13. The molecule has 0 unspecified atom stereocenters. The molecule has 0 aliphatic rings. The summed E-state index contributed by atoms with van der Waals surface area (Å²) in [4.78, 5) is 28.1. The topological polar surface area (TPSA) is 86.8 Å². The monoisotopic (exact) mass is 575 g/mol. The van der Waals surface area contributed by atoms with Gasteiger partial charge in [-0.25, -0.2) is 8.42 Å². The third-order valence-electron chi connectivity index (χ3n) is 6.01. The molecule has 2 amide bonds. The number of rotatable bonds is 10. The highest BCUT2D eigenvalue weighted by Gasteiger charge is 2.33. The maximum atomic E-state index is 13.9. The van der Waals surface area contributed by atoms with Gasteiger partial charge in [-0.3, -0.25) is 13.9 Å². The van der Waals surface area contributed by atoms with Crippen LogP contribution in [-0.2, 0) is 26.2 Å². The Morgan fingerprint density at radius 2 is 1.50 bits per heavy atom. The van der Waals surface area contributed by atoms with Crippen LogP contribution in [0, 0.1) is 13.8 Å². The van der Waals surface area contributed by atoms with Gasteiger partial charge in [-0.2, -0.15) is 0 Å². The van der Waals surface area contributed by atoms with E-state index < -0.39 is 28.5 Å². The smallest absolute Gasteiger partial charge is 0.264 e. The minimum Gasteiger partial charge on any atom is -0.355 e. The van der Waals surface area contributed by atoms with E-state index in [1.165, 1.54) is 17.0 Å². The van der Waals surface area contributed by atoms with Gasteiger partial charge in [0.25, 0.3) is 10.0 Å². The highest BCUT2D eigenvalue weighted by molar-refractivity contribution is 7.92. The van der Waals surface area contributed by atoms with E-state index in [0.29, 0.717) is 27.8 Å². The molecular weight excluding hydrogens is 545 g/mol. The second kappa shape index (κ2) is 12.7. The van der Waals surface area contributed by atoms with E-state index >= 15 is 0 Å². The molecule has 0 bridgehead atoms. The number of amides is 2. The summed E-state index contributed by atoms with van der Waals surface area (Å²) in [6.45, 7) is 6.82. The summed E-state index contributed by atoms with van der Waals surface area (Å²) < 4.78 is 28.7. The zero-order valence-corrected chi connectivity index (χ0v) is 24.1. The molecule has 0 radical (unpaired) electrons. The highest BCUT2D eigenvalue weighted by Crippen LogP contribution is 2.29. The van der Waals surface area contributed by atoms with Crippen LogP contribution in [0.4, 0.5) is 5.69 Å². The summed E-state index contributed by atoms with van der Waals surface area (Å²) in [5.41, 5.74) is 2.50. The van der Waals surface area contributed by atoms with Crippen molar-refractivity contribution in [3.8, 4) is 0 Å². The molecule has 3 rings (SSSR count). The third kappa shape index (κ3) is 6.87. The number of hydrogen-bond donors (Lipinski definition) is 1. The first-order chi connectivity index (χ1) is 17.9. The van der Waals surface area contributed by atoms with Gasteiger partial charge < -0.3 is 10.2 Å². The number of benzene rings is 3. The Hall–Kier alpha value is -3.07. The Morgan fingerprint density at radius 3 is 2.05 bits per heavy atom. The molecule has 0 saturated heterocycles. The van der Waals surface area contributed by atoms with Gasteiger partial charge in [-0.05, 0) is 75.2 Å². The molecule has 0 aliphatic carbocycles. The molecule has 202 valence electrons. The number of hydrogen-bond acceptors (Lipinski definition) is 4. The van der Waals surface area contributed by atoms with Crippen molar-refractivity contribution in [1.82, 2.24) is 10.2 Å². The van der Waals surface area contributed by atoms with Crippen molar-refractivity contribution in [3.05, 3.63) is 93.5 Å². The third-order valence-corrected chi connectivity index (χ3v) is 8.51. The van der Waals surface area contributed by atoms with E-state index in [-0.39, 0.29) is 17.3 Å². The molecule has 0 saturated carbocycles. The standard InChI is InChI=1S/C28H31Cl2N3O4S/c1-5-31-28(35)21(4)32(17-24-25(29)12-9-13-26(24)30)27(34)18-33(22-15-19(2)14-20(3)16-22)38(36,37)23-10-7-6-8-11-23/h6-16,21H,5,17-18H2,1-4H3,(H,31,35)/t21-/m1/s1. The summed E-state index contributed by atoms with van der Waals surface area (Å²) in [5, 5.41) is 3.39. The van der Waals surface area contributed by atoms with Crippen LogP contribution in [0.3, 0.4) is 0 Å². The lowest BCUT2D eigenvalue weighted by Gasteiger charge is -2.32.